The largest absolute Gasteiger partial charge is 0.473 e. The van der Waals surface area contributed by atoms with Crippen LogP contribution in [0.1, 0.15) is 73.3 Å². The quantitative estimate of drug-likeness (QED) is 0.0942. The van der Waals surface area contributed by atoms with Gasteiger partial charge in [-0.3, -0.25) is 25.0 Å². The van der Waals surface area contributed by atoms with Gasteiger partial charge in [0, 0.05) is 130 Å². The van der Waals surface area contributed by atoms with E-state index in [0.29, 0.717) is 0 Å². The molecular weight excluding hydrogens is 1180 g/mol. The number of fused-ring (bicyclic) bond motifs is 1. The van der Waals surface area contributed by atoms with Crippen LogP contribution in [-0.4, -0.2) is 96.2 Å². The summed E-state index contributed by atoms with van der Waals surface area (Å²) >= 11 is 1.71. The molecule has 0 bridgehead atoms. The van der Waals surface area contributed by atoms with Crippen molar-refractivity contribution in [2.24, 2.45) is 4.99 Å². The highest BCUT2D eigenvalue weighted by Gasteiger charge is 1.88. The molecule has 15 heterocycles. The zero-order valence-corrected chi connectivity index (χ0v) is 45.7. The van der Waals surface area contributed by atoms with E-state index in [0.717, 1.165) is 17.5 Å². The predicted molar refractivity (Wildman–Crippen MR) is 381 cm³/mol. The second-order valence-corrected chi connectivity index (χ2v) is 14.3. The van der Waals surface area contributed by atoms with Crippen LogP contribution in [0.25, 0.3) is 11.0 Å². The minimum absolute atomic E-state index is 0. The predicted octanol–water partition coefficient (Wildman–Crippen LogP) is 18.7. The lowest BCUT2D eigenvalue weighted by molar-refractivity contribution is 0.557. The molecule has 0 spiro atoms. The molecule has 496 valence electrons. The number of hydrogen-bond donors (Lipinski definition) is 5. The summed E-state index contributed by atoms with van der Waals surface area (Å²) < 4.78 is 18.1. The third-order valence-electron chi connectivity index (χ3n) is 7.55. The first kappa shape index (κ1) is 96.4. The molecule has 16 rings (SSSR count). The number of para-hydroxylation sites is 2. The molecule has 0 saturated carbocycles. The number of nitrogens with one attached hydrogen (secondary N) is 5. The molecular formula is C68H99N19O4S. The monoisotopic (exact) mass is 1280 g/mol. The molecule has 0 radical (unpaired) electrons. The molecule has 1 aliphatic rings. The lowest BCUT2D eigenvalue weighted by Gasteiger charge is -1.81. The highest BCUT2D eigenvalue weighted by molar-refractivity contribution is 7.07. The number of thiophene rings is 1. The molecule has 15 aromatic rings. The zero-order chi connectivity index (χ0) is 58.4. The maximum Gasteiger partial charge on any atom is 0.180 e. The minimum atomic E-state index is 0. The molecule has 14 aromatic heterocycles. The fraction of sp³-hybridized carbons (Fsp3) is 0.147. The maximum absolute atomic E-state index is 4.58. The number of allylic oxidation sites excluding steroid dienone is 1. The van der Waals surface area contributed by atoms with E-state index in [4.69, 9.17) is 0 Å². The minimum Gasteiger partial charge on any atom is -0.473 e. The van der Waals surface area contributed by atoms with Crippen LogP contribution in [0.5, 0.6) is 0 Å². The number of oxazole rings is 2. The number of pyridine rings is 1. The van der Waals surface area contributed by atoms with Gasteiger partial charge < -0.3 is 37.6 Å². The third kappa shape index (κ3) is 74.2. The fourth-order valence-corrected chi connectivity index (χ4v) is 4.67. The number of aromatic nitrogens is 18. The van der Waals surface area contributed by atoms with Gasteiger partial charge in [0.1, 0.15) is 25.2 Å². The standard InChI is InChI=1S/C7H6N2.C5H5N.3C4H4N2.2C4H5N.2C4H4O.C4H4S.3C3H4N2.2C3H3NO.9CH4/c1-2-4-7-6(3-1)8-5-9-7;1-2-4-6-5-3-1;1-2-6-4-3-5-1;2*1-2-5-4-6-3-1;5*1-2-4-5-3-1;2*1-2-5-3-4-1;1-2-4-5-3-1;2*1-2-5-3-4-1;;;;;;;;;/h1-5H,(H,8,9);1-5H;3*1-4H;1,3-4H,2H2;1-5H;3*1-4H;3*1-3H,(H,4,5);2*1-3H;9*1H4. The van der Waals surface area contributed by atoms with Crippen LogP contribution >= 0.6 is 11.3 Å². The van der Waals surface area contributed by atoms with Crippen LogP contribution < -0.4 is 0 Å². The number of H-pyrrole nitrogens is 5. The van der Waals surface area contributed by atoms with Gasteiger partial charge in [-0.05, 0) is 89.6 Å². The molecule has 0 atom stereocenters. The molecule has 0 amide bonds. The summed E-state index contributed by atoms with van der Waals surface area (Å²) in [6.07, 6.45) is 61.0. The topological polar surface area (TPSA) is 311 Å². The van der Waals surface area contributed by atoms with E-state index in [1.54, 1.807) is 185 Å². The Kier molecular flexibility index (Phi) is 89.6. The lowest BCUT2D eigenvalue weighted by atomic mass is 10.3. The van der Waals surface area contributed by atoms with Crippen molar-refractivity contribution in [3.8, 4) is 0 Å². The average molecular weight is 1280 g/mol. The highest BCUT2D eigenvalue weighted by Crippen LogP contribution is 2.05. The van der Waals surface area contributed by atoms with Crippen molar-refractivity contribution >= 4 is 28.6 Å². The number of hydrogen-bond acceptors (Lipinski definition) is 19. The molecule has 0 unspecified atom stereocenters. The van der Waals surface area contributed by atoms with Crippen LogP contribution in [0.3, 0.4) is 0 Å². The summed E-state index contributed by atoms with van der Waals surface area (Å²) in [7, 11) is 0. The van der Waals surface area contributed by atoms with Crippen molar-refractivity contribution in [2.75, 3.05) is 0 Å². The molecule has 23 nitrogen and oxygen atoms in total. The van der Waals surface area contributed by atoms with Crippen LogP contribution in [-0.2, 0) is 0 Å². The number of aliphatic imine (C=N–C) groups is 1. The zero-order valence-electron chi connectivity index (χ0n) is 44.8. The van der Waals surface area contributed by atoms with Crippen molar-refractivity contribution in [1.29, 1.82) is 0 Å². The molecule has 0 aliphatic carbocycles. The van der Waals surface area contributed by atoms with Gasteiger partial charge in [0.2, 0.25) is 0 Å². The van der Waals surface area contributed by atoms with Crippen LogP contribution in [0.4, 0.5) is 0 Å². The van der Waals surface area contributed by atoms with Crippen molar-refractivity contribution in [2.45, 2.75) is 73.3 Å². The number of furan rings is 2. The van der Waals surface area contributed by atoms with Crippen molar-refractivity contribution < 1.29 is 17.7 Å². The molecule has 0 fully saturated rings. The Balaban J connectivity index is -0.000000136. The lowest BCUT2D eigenvalue weighted by Crippen LogP contribution is -1.66. The van der Waals surface area contributed by atoms with Gasteiger partial charge in [0.05, 0.1) is 67.5 Å². The molecule has 0 saturated heterocycles. The van der Waals surface area contributed by atoms with E-state index in [1.165, 1.54) is 38.0 Å². The molecule has 1 aliphatic heterocycles. The first-order valence-electron chi connectivity index (χ1n) is 24.4. The normalized spacial score (nSPS) is 7.96. The van der Waals surface area contributed by atoms with Crippen LogP contribution in [0.15, 0.2) is 361 Å². The van der Waals surface area contributed by atoms with Gasteiger partial charge in [-0.25, -0.2) is 44.9 Å². The van der Waals surface area contributed by atoms with Gasteiger partial charge in [0.25, 0.3) is 0 Å². The van der Waals surface area contributed by atoms with Crippen molar-refractivity contribution in [1.82, 2.24) is 89.9 Å². The number of nitrogens with zero attached hydrogens (tertiary/aromatic N) is 14. The Morgan fingerprint density at radius 1 is 0.348 bits per heavy atom. The smallest absolute Gasteiger partial charge is 0.180 e. The summed E-state index contributed by atoms with van der Waals surface area (Å²) in [5.41, 5.74) is 2.12. The Morgan fingerprint density at radius 3 is 1.03 bits per heavy atom. The fourth-order valence-electron chi connectivity index (χ4n) is 4.21. The van der Waals surface area contributed by atoms with Crippen LogP contribution in [0, 0.1) is 0 Å². The number of rotatable bonds is 0. The highest BCUT2D eigenvalue weighted by atomic mass is 32.1. The second kappa shape index (κ2) is 85.5. The summed E-state index contributed by atoms with van der Waals surface area (Å²) in [5, 5.41) is 10.3. The van der Waals surface area contributed by atoms with Crippen molar-refractivity contribution in [3.63, 3.8) is 0 Å². The van der Waals surface area contributed by atoms with Gasteiger partial charge in [-0.15, -0.1) is 0 Å². The molecule has 5 N–H and O–H groups in total. The number of benzene rings is 1. The van der Waals surface area contributed by atoms with E-state index in [9.17, 15) is 0 Å². The number of imidazole rings is 3. The SMILES string of the molecule is C.C.C.C.C.C.C.C.C.C1=CN=CC1.c1c[nH]cn1.c1c[nH]cn1.c1cc[nH]c1.c1ccc2[nH]cnc2c1.c1ccncc1.c1ccoc1.c1ccoc1.c1ccsc1.c1cn[nH]c1.c1cnccn1.c1cncnc1.c1cncnc1.c1cocn1.c1cocn1. The van der Waals surface area contributed by atoms with Gasteiger partial charge >= 0.3 is 0 Å². The Bertz CT molecular complexity index is 2460. The Hall–Kier alpha value is -11.9. The van der Waals surface area contributed by atoms with E-state index in [1.807, 2.05) is 133 Å². The van der Waals surface area contributed by atoms with E-state index in [-0.39, 0.29) is 66.8 Å². The van der Waals surface area contributed by atoms with E-state index >= 15 is 0 Å². The molecule has 1 aromatic carbocycles. The first-order valence-corrected chi connectivity index (χ1v) is 25.3. The number of aromatic amines is 5. The second-order valence-electron chi connectivity index (χ2n) is 13.5. The summed E-state index contributed by atoms with van der Waals surface area (Å²) in [6.45, 7) is 0. The Morgan fingerprint density at radius 2 is 0.837 bits per heavy atom. The van der Waals surface area contributed by atoms with Gasteiger partial charge in [0.15, 0.2) is 12.8 Å². The van der Waals surface area contributed by atoms with Gasteiger partial charge in [-0.2, -0.15) is 16.4 Å². The van der Waals surface area contributed by atoms with E-state index < -0.39 is 0 Å². The van der Waals surface area contributed by atoms with E-state index in [2.05, 4.69) is 113 Å². The summed E-state index contributed by atoms with van der Waals surface area (Å²) in [5.74, 6) is 0. The first-order chi connectivity index (χ1) is 41.5. The summed E-state index contributed by atoms with van der Waals surface area (Å²) in [6, 6.07) is 34.3. The molecule has 92 heavy (non-hydrogen) atoms. The van der Waals surface area contributed by atoms with Crippen LogP contribution in [0.2, 0.25) is 0 Å². The average Bonchev–Trinajstić information content (AvgIpc) is 3.08. The maximum atomic E-state index is 4.58. The summed E-state index contributed by atoms with van der Waals surface area (Å²) in [4.78, 5) is 59.6. The third-order valence-corrected chi connectivity index (χ3v) is 8.18. The van der Waals surface area contributed by atoms with Gasteiger partial charge in [-0.1, -0.05) is 103 Å². The van der Waals surface area contributed by atoms with Crippen molar-refractivity contribution in [3.05, 3.63) is 338 Å². The Labute approximate surface area is 550 Å². The molecule has 24 heteroatoms.